The summed E-state index contributed by atoms with van der Waals surface area (Å²) in [5.41, 5.74) is 3.39. The average Bonchev–Trinajstić information content (AvgIpc) is 2.47. The molecule has 0 atom stereocenters. The van der Waals surface area contributed by atoms with Crippen molar-refractivity contribution in [2.45, 2.75) is 13.5 Å². The van der Waals surface area contributed by atoms with E-state index in [9.17, 15) is 13.6 Å². The Kier molecular flexibility index (Phi) is 5.23. The maximum absolute atomic E-state index is 12.2. The number of benzene rings is 1. The van der Waals surface area contributed by atoms with Gasteiger partial charge in [0.15, 0.2) is 11.5 Å². The molecule has 0 saturated carbocycles. The summed E-state index contributed by atoms with van der Waals surface area (Å²) in [7, 11) is 1.34. The van der Waals surface area contributed by atoms with Gasteiger partial charge in [0.2, 0.25) is 5.95 Å². The van der Waals surface area contributed by atoms with Gasteiger partial charge in [0.1, 0.15) is 0 Å². The quantitative estimate of drug-likeness (QED) is 0.628. The number of aromatic nitrogens is 2. The number of methoxy groups -OCH3 is 1. The summed E-state index contributed by atoms with van der Waals surface area (Å²) >= 11 is 0. The van der Waals surface area contributed by atoms with E-state index in [-0.39, 0.29) is 23.0 Å². The van der Waals surface area contributed by atoms with Crippen LogP contribution in [0.3, 0.4) is 0 Å². The predicted molar refractivity (Wildman–Crippen MR) is 80.4 cm³/mol. The Bertz CT molecular complexity index is 762. The van der Waals surface area contributed by atoms with E-state index in [0.29, 0.717) is 11.3 Å². The lowest BCUT2D eigenvalue weighted by Crippen LogP contribution is -2.10. The Balaban J connectivity index is 2.11. The third kappa shape index (κ3) is 4.77. The highest BCUT2D eigenvalue weighted by Crippen LogP contribution is 2.28. The molecule has 0 aliphatic carbocycles. The predicted octanol–water partition coefficient (Wildman–Crippen LogP) is 2.13. The number of H-pyrrole nitrogens is 1. The molecule has 9 heteroatoms. The first kappa shape index (κ1) is 16.4. The fourth-order valence-electron chi connectivity index (χ4n) is 1.76. The molecule has 0 saturated heterocycles. The number of hydrazone groups is 1. The van der Waals surface area contributed by atoms with Crippen LogP contribution in [0, 0.1) is 6.92 Å². The second kappa shape index (κ2) is 7.34. The van der Waals surface area contributed by atoms with Crippen LogP contribution in [0.2, 0.25) is 0 Å². The van der Waals surface area contributed by atoms with E-state index < -0.39 is 6.61 Å². The molecular weight excluding hydrogens is 310 g/mol. The number of aromatic amines is 1. The van der Waals surface area contributed by atoms with Gasteiger partial charge < -0.3 is 9.47 Å². The Morgan fingerprint density at radius 3 is 2.78 bits per heavy atom. The van der Waals surface area contributed by atoms with E-state index in [4.69, 9.17) is 4.74 Å². The maximum atomic E-state index is 12.2. The van der Waals surface area contributed by atoms with Gasteiger partial charge in [-0.05, 0) is 30.7 Å². The van der Waals surface area contributed by atoms with Crippen molar-refractivity contribution in [1.82, 2.24) is 9.97 Å². The lowest BCUT2D eigenvalue weighted by atomic mass is 10.2. The van der Waals surface area contributed by atoms with Crippen LogP contribution in [0.25, 0.3) is 0 Å². The minimum Gasteiger partial charge on any atom is -0.493 e. The van der Waals surface area contributed by atoms with Gasteiger partial charge in [-0.3, -0.25) is 9.78 Å². The Morgan fingerprint density at radius 1 is 1.35 bits per heavy atom. The number of hydrogen-bond acceptors (Lipinski definition) is 6. The van der Waals surface area contributed by atoms with Crippen LogP contribution >= 0.6 is 0 Å². The zero-order chi connectivity index (χ0) is 16.8. The molecule has 0 aliphatic heterocycles. The van der Waals surface area contributed by atoms with Crippen molar-refractivity contribution in [2.24, 2.45) is 5.10 Å². The summed E-state index contributed by atoms with van der Waals surface area (Å²) in [6.45, 7) is -1.26. The molecule has 122 valence electrons. The van der Waals surface area contributed by atoms with Gasteiger partial charge in [-0.15, -0.1) is 0 Å². The second-order valence-corrected chi connectivity index (χ2v) is 4.39. The number of hydrogen-bond donors (Lipinski definition) is 2. The lowest BCUT2D eigenvalue weighted by Gasteiger charge is -2.09. The van der Waals surface area contributed by atoms with Gasteiger partial charge in [-0.2, -0.15) is 13.9 Å². The van der Waals surface area contributed by atoms with E-state index in [1.165, 1.54) is 37.6 Å². The molecule has 7 nitrogen and oxygen atoms in total. The SMILES string of the molecule is COc1cc(C=NNc2nc(C)cc(=O)[nH]2)ccc1OC(F)F. The largest absolute Gasteiger partial charge is 0.493 e. The van der Waals surface area contributed by atoms with Gasteiger partial charge in [-0.1, -0.05) is 0 Å². The van der Waals surface area contributed by atoms with Crippen LogP contribution in [0.1, 0.15) is 11.3 Å². The molecule has 2 rings (SSSR count). The molecule has 0 spiro atoms. The molecule has 0 bridgehead atoms. The van der Waals surface area contributed by atoms with Gasteiger partial charge >= 0.3 is 6.61 Å². The Hall–Kier alpha value is -2.97. The van der Waals surface area contributed by atoms with Gasteiger partial charge in [0, 0.05) is 11.8 Å². The highest BCUT2D eigenvalue weighted by molar-refractivity contribution is 5.81. The van der Waals surface area contributed by atoms with E-state index in [1.807, 2.05) is 0 Å². The van der Waals surface area contributed by atoms with Crippen molar-refractivity contribution in [1.29, 1.82) is 0 Å². The highest BCUT2D eigenvalue weighted by Gasteiger charge is 2.10. The molecule has 0 unspecified atom stereocenters. The minimum absolute atomic E-state index is 0.0720. The van der Waals surface area contributed by atoms with Crippen molar-refractivity contribution in [3.63, 3.8) is 0 Å². The van der Waals surface area contributed by atoms with Gasteiger partial charge in [-0.25, -0.2) is 10.4 Å². The fourth-order valence-corrected chi connectivity index (χ4v) is 1.76. The molecule has 1 heterocycles. The maximum Gasteiger partial charge on any atom is 0.387 e. The minimum atomic E-state index is -2.94. The van der Waals surface area contributed by atoms with Gasteiger partial charge in [0.25, 0.3) is 5.56 Å². The molecule has 1 aromatic carbocycles. The topological polar surface area (TPSA) is 88.6 Å². The van der Waals surface area contributed by atoms with E-state index in [2.05, 4.69) is 25.2 Å². The average molecular weight is 324 g/mol. The van der Waals surface area contributed by atoms with E-state index in [0.717, 1.165) is 0 Å². The molecular formula is C14H14F2N4O3. The molecule has 0 fully saturated rings. The third-order valence-corrected chi connectivity index (χ3v) is 2.66. The number of nitrogens with one attached hydrogen (secondary N) is 2. The van der Waals surface area contributed by atoms with Crippen molar-refractivity contribution >= 4 is 12.2 Å². The van der Waals surface area contributed by atoms with Crippen molar-refractivity contribution in [2.75, 3.05) is 12.5 Å². The van der Waals surface area contributed by atoms with Gasteiger partial charge in [0.05, 0.1) is 13.3 Å². The number of rotatable bonds is 6. The number of aryl methyl sites for hydroxylation is 1. The number of nitrogens with zero attached hydrogens (tertiary/aromatic N) is 2. The first-order valence-electron chi connectivity index (χ1n) is 6.48. The summed E-state index contributed by atoms with van der Waals surface area (Å²) < 4.78 is 33.8. The second-order valence-electron chi connectivity index (χ2n) is 4.39. The van der Waals surface area contributed by atoms with Crippen LogP contribution < -0.4 is 20.5 Å². The smallest absolute Gasteiger partial charge is 0.387 e. The monoisotopic (exact) mass is 324 g/mol. The zero-order valence-electron chi connectivity index (χ0n) is 12.3. The van der Waals surface area contributed by atoms with Crippen LogP contribution in [0.4, 0.5) is 14.7 Å². The Morgan fingerprint density at radius 2 is 2.13 bits per heavy atom. The third-order valence-electron chi connectivity index (χ3n) is 2.66. The first-order chi connectivity index (χ1) is 11.0. The number of alkyl halides is 2. The van der Waals surface area contributed by atoms with Crippen LogP contribution in [-0.2, 0) is 0 Å². The van der Waals surface area contributed by atoms with Crippen molar-refractivity contribution in [3.8, 4) is 11.5 Å². The summed E-state index contributed by atoms with van der Waals surface area (Å²) in [6.07, 6.45) is 1.41. The highest BCUT2D eigenvalue weighted by atomic mass is 19.3. The van der Waals surface area contributed by atoms with Crippen molar-refractivity contribution < 1.29 is 18.3 Å². The standard InChI is InChI=1S/C14H14F2N4O3/c1-8-5-12(21)19-14(18-8)20-17-7-9-3-4-10(23-13(15)16)11(6-9)22-2/h3-7,13H,1-2H3,(H2,18,19,20,21). The molecule has 2 N–H and O–H groups in total. The van der Waals surface area contributed by atoms with E-state index >= 15 is 0 Å². The lowest BCUT2D eigenvalue weighted by molar-refractivity contribution is -0.0512. The molecule has 1 aromatic heterocycles. The zero-order valence-corrected chi connectivity index (χ0v) is 12.3. The van der Waals surface area contributed by atoms with Crippen LogP contribution in [-0.4, -0.2) is 29.9 Å². The number of anilines is 1. The molecule has 0 aliphatic rings. The summed E-state index contributed by atoms with van der Waals surface area (Å²) in [5, 5.41) is 3.91. The summed E-state index contributed by atoms with van der Waals surface area (Å²) in [4.78, 5) is 17.8. The summed E-state index contributed by atoms with van der Waals surface area (Å²) in [6, 6.07) is 5.70. The Labute approximate surface area is 130 Å². The number of ether oxygens (including phenoxy) is 2. The normalized spacial score (nSPS) is 11.0. The number of halogens is 2. The molecule has 0 radical (unpaired) electrons. The van der Waals surface area contributed by atoms with E-state index in [1.54, 1.807) is 6.92 Å². The first-order valence-corrected chi connectivity index (χ1v) is 6.48. The van der Waals surface area contributed by atoms with Crippen LogP contribution in [0.15, 0.2) is 34.2 Å². The molecule has 2 aromatic rings. The van der Waals surface area contributed by atoms with Crippen molar-refractivity contribution in [3.05, 3.63) is 45.9 Å². The fraction of sp³-hybridized carbons (Fsp3) is 0.214. The molecule has 0 amide bonds. The summed E-state index contributed by atoms with van der Waals surface area (Å²) in [5.74, 6) is 0.268. The van der Waals surface area contributed by atoms with Crippen LogP contribution in [0.5, 0.6) is 11.5 Å². The molecule has 23 heavy (non-hydrogen) atoms.